The molecule has 0 unspecified atom stereocenters. The van der Waals surface area contributed by atoms with Crippen LogP contribution in [0.2, 0.25) is 0 Å². The van der Waals surface area contributed by atoms with Crippen LogP contribution in [0.15, 0.2) is 17.6 Å². The molecule has 2 N–H and O–H groups in total. The molecule has 0 fully saturated rings. The standard InChI is InChI=1S/C11H23N3O.HI/c1-6-8-13-10(12-7-2)14-9-11(3,4)15-5;/h6H,1,7-9H2,2-5H3,(H2,12,13,14);1H. The van der Waals surface area contributed by atoms with Crippen molar-refractivity contribution in [3.8, 4) is 0 Å². The number of nitrogens with zero attached hydrogens (tertiary/aromatic N) is 1. The van der Waals surface area contributed by atoms with Crippen molar-refractivity contribution in [2.24, 2.45) is 4.99 Å². The van der Waals surface area contributed by atoms with Gasteiger partial charge in [0.1, 0.15) is 0 Å². The summed E-state index contributed by atoms with van der Waals surface area (Å²) in [5.41, 5.74) is -0.226. The van der Waals surface area contributed by atoms with Crippen molar-refractivity contribution >= 4 is 29.9 Å². The lowest BCUT2D eigenvalue weighted by molar-refractivity contribution is 0.0311. The first-order chi connectivity index (χ1) is 7.05. The van der Waals surface area contributed by atoms with Gasteiger partial charge in [0.05, 0.1) is 12.1 Å². The second-order valence-corrected chi connectivity index (χ2v) is 3.83. The second-order valence-electron chi connectivity index (χ2n) is 3.83. The Bertz CT molecular complexity index is 217. The van der Waals surface area contributed by atoms with Crippen LogP contribution in [-0.2, 0) is 4.74 Å². The molecule has 0 amide bonds. The van der Waals surface area contributed by atoms with E-state index in [1.807, 2.05) is 20.8 Å². The van der Waals surface area contributed by atoms with E-state index in [-0.39, 0.29) is 29.6 Å². The van der Waals surface area contributed by atoms with Gasteiger partial charge < -0.3 is 15.4 Å². The number of nitrogens with one attached hydrogen (secondary N) is 2. The topological polar surface area (TPSA) is 45.7 Å². The second kappa shape index (κ2) is 9.89. The molecule has 0 saturated heterocycles. The van der Waals surface area contributed by atoms with E-state index in [4.69, 9.17) is 4.74 Å². The zero-order valence-corrected chi connectivity index (χ0v) is 13.0. The van der Waals surface area contributed by atoms with Crippen molar-refractivity contribution in [3.63, 3.8) is 0 Å². The van der Waals surface area contributed by atoms with Gasteiger partial charge in [-0.25, -0.2) is 0 Å². The molecule has 0 saturated carbocycles. The Labute approximate surface area is 116 Å². The summed E-state index contributed by atoms with van der Waals surface area (Å²) in [6, 6.07) is 0. The number of halogens is 1. The van der Waals surface area contributed by atoms with Crippen LogP contribution in [0.1, 0.15) is 20.8 Å². The third kappa shape index (κ3) is 8.96. The Morgan fingerprint density at radius 3 is 2.50 bits per heavy atom. The average Bonchev–Trinajstić information content (AvgIpc) is 2.22. The van der Waals surface area contributed by atoms with Crippen LogP contribution in [0.4, 0.5) is 0 Å². The summed E-state index contributed by atoms with van der Waals surface area (Å²) in [5, 5.41) is 6.28. The molecule has 0 heterocycles. The van der Waals surface area contributed by atoms with Gasteiger partial charge in [0.15, 0.2) is 5.96 Å². The summed E-state index contributed by atoms with van der Waals surface area (Å²) in [4.78, 5) is 4.42. The lowest BCUT2D eigenvalue weighted by atomic mass is 10.1. The highest BCUT2D eigenvalue weighted by Gasteiger charge is 2.15. The predicted molar refractivity (Wildman–Crippen MR) is 80.7 cm³/mol. The van der Waals surface area contributed by atoms with Crippen molar-refractivity contribution in [2.45, 2.75) is 26.4 Å². The molecule has 96 valence electrons. The summed E-state index contributed by atoms with van der Waals surface area (Å²) in [6.07, 6.45) is 1.80. The van der Waals surface area contributed by atoms with Crippen molar-refractivity contribution in [1.29, 1.82) is 0 Å². The summed E-state index contributed by atoms with van der Waals surface area (Å²) < 4.78 is 5.29. The van der Waals surface area contributed by atoms with Gasteiger partial charge in [0, 0.05) is 20.2 Å². The van der Waals surface area contributed by atoms with E-state index < -0.39 is 0 Å². The highest BCUT2D eigenvalue weighted by Crippen LogP contribution is 2.06. The fourth-order valence-corrected chi connectivity index (χ4v) is 0.845. The van der Waals surface area contributed by atoms with Crippen LogP contribution in [-0.4, -0.2) is 38.3 Å². The Kier molecular flexibility index (Phi) is 11.2. The van der Waals surface area contributed by atoms with Crippen molar-refractivity contribution in [1.82, 2.24) is 10.6 Å². The Hall–Kier alpha value is -0.300. The van der Waals surface area contributed by atoms with Crippen molar-refractivity contribution in [2.75, 3.05) is 26.7 Å². The number of ether oxygens (including phenoxy) is 1. The van der Waals surface area contributed by atoms with Gasteiger partial charge in [0.2, 0.25) is 0 Å². The maximum Gasteiger partial charge on any atom is 0.191 e. The van der Waals surface area contributed by atoms with Crippen LogP contribution in [0.3, 0.4) is 0 Å². The smallest absolute Gasteiger partial charge is 0.191 e. The molecule has 0 aliphatic carbocycles. The number of rotatable bonds is 6. The maximum atomic E-state index is 5.29. The van der Waals surface area contributed by atoms with Gasteiger partial charge in [-0.15, -0.1) is 30.6 Å². The van der Waals surface area contributed by atoms with Gasteiger partial charge in [-0.1, -0.05) is 6.08 Å². The Morgan fingerprint density at radius 2 is 2.06 bits per heavy atom. The first-order valence-electron chi connectivity index (χ1n) is 5.24. The molecule has 0 rings (SSSR count). The van der Waals surface area contributed by atoms with Gasteiger partial charge in [-0.05, 0) is 20.8 Å². The first-order valence-corrected chi connectivity index (χ1v) is 5.24. The minimum atomic E-state index is -0.226. The highest BCUT2D eigenvalue weighted by molar-refractivity contribution is 14.0. The van der Waals surface area contributed by atoms with E-state index >= 15 is 0 Å². The van der Waals surface area contributed by atoms with Gasteiger partial charge >= 0.3 is 0 Å². The van der Waals surface area contributed by atoms with E-state index in [0.717, 1.165) is 12.5 Å². The number of methoxy groups -OCH3 is 1. The fraction of sp³-hybridized carbons (Fsp3) is 0.727. The molecular weight excluding hydrogens is 317 g/mol. The molecule has 0 aliphatic heterocycles. The van der Waals surface area contributed by atoms with Crippen molar-refractivity contribution < 1.29 is 4.74 Å². The van der Waals surface area contributed by atoms with Crippen LogP contribution < -0.4 is 10.6 Å². The van der Waals surface area contributed by atoms with E-state index in [2.05, 4.69) is 22.2 Å². The first kappa shape index (κ1) is 18.1. The van der Waals surface area contributed by atoms with Gasteiger partial charge in [-0.3, -0.25) is 4.99 Å². The lowest BCUT2D eigenvalue weighted by Crippen LogP contribution is -2.39. The Morgan fingerprint density at radius 1 is 1.44 bits per heavy atom. The van der Waals surface area contributed by atoms with E-state index in [9.17, 15) is 0 Å². The summed E-state index contributed by atoms with van der Waals surface area (Å²) in [6.45, 7) is 11.9. The number of guanidine groups is 1. The molecule has 0 aromatic heterocycles. The highest BCUT2D eigenvalue weighted by atomic mass is 127. The normalized spacial score (nSPS) is 11.6. The number of aliphatic imine (C=N–C) groups is 1. The van der Waals surface area contributed by atoms with Crippen LogP contribution in [0.5, 0.6) is 0 Å². The minimum Gasteiger partial charge on any atom is -0.377 e. The third-order valence-electron chi connectivity index (χ3n) is 1.93. The Balaban J connectivity index is 0. The lowest BCUT2D eigenvalue weighted by Gasteiger charge is -2.21. The molecule has 0 aliphatic rings. The fourth-order valence-electron chi connectivity index (χ4n) is 0.845. The van der Waals surface area contributed by atoms with Crippen LogP contribution in [0.25, 0.3) is 0 Å². The van der Waals surface area contributed by atoms with E-state index in [1.165, 1.54) is 0 Å². The van der Waals surface area contributed by atoms with E-state index in [0.29, 0.717) is 13.1 Å². The summed E-state index contributed by atoms with van der Waals surface area (Å²) in [5.74, 6) is 0.794. The molecule has 0 spiro atoms. The molecule has 0 aromatic carbocycles. The van der Waals surface area contributed by atoms with Gasteiger partial charge in [0.25, 0.3) is 0 Å². The van der Waals surface area contributed by atoms with Crippen LogP contribution in [0, 0.1) is 0 Å². The zero-order chi connectivity index (χ0) is 11.7. The molecule has 0 bridgehead atoms. The monoisotopic (exact) mass is 341 g/mol. The SMILES string of the molecule is C=CCNC(=NCC(C)(C)OC)NCC.I. The molecule has 16 heavy (non-hydrogen) atoms. The van der Waals surface area contributed by atoms with Gasteiger partial charge in [-0.2, -0.15) is 0 Å². The summed E-state index contributed by atoms with van der Waals surface area (Å²) >= 11 is 0. The number of hydrogen-bond acceptors (Lipinski definition) is 2. The average molecular weight is 341 g/mol. The minimum absolute atomic E-state index is 0. The molecule has 5 heteroatoms. The maximum absolute atomic E-state index is 5.29. The third-order valence-corrected chi connectivity index (χ3v) is 1.93. The molecule has 0 atom stereocenters. The summed E-state index contributed by atoms with van der Waals surface area (Å²) in [7, 11) is 1.69. The van der Waals surface area contributed by atoms with E-state index in [1.54, 1.807) is 13.2 Å². The number of hydrogen-bond donors (Lipinski definition) is 2. The molecule has 0 radical (unpaired) electrons. The van der Waals surface area contributed by atoms with Crippen LogP contribution >= 0.6 is 24.0 Å². The molecule has 0 aromatic rings. The predicted octanol–water partition coefficient (Wildman–Crippen LogP) is 1.77. The largest absolute Gasteiger partial charge is 0.377 e. The quantitative estimate of drug-likeness (QED) is 0.335. The zero-order valence-electron chi connectivity index (χ0n) is 10.7. The molecular formula is C11H24IN3O. The van der Waals surface area contributed by atoms with Crippen molar-refractivity contribution in [3.05, 3.63) is 12.7 Å². The molecule has 4 nitrogen and oxygen atoms in total.